The number of hydrogen-bond donors (Lipinski definition) is 1. The molecule has 0 fully saturated rings. The van der Waals surface area contributed by atoms with Gasteiger partial charge >= 0.3 is 0 Å². The third kappa shape index (κ3) is 1.43. The van der Waals surface area contributed by atoms with E-state index in [1.807, 2.05) is 25.1 Å². The maximum absolute atomic E-state index is 11.6. The Hall–Kier alpha value is -1.57. The van der Waals surface area contributed by atoms with Gasteiger partial charge in [0.15, 0.2) is 0 Å². The molecule has 0 saturated carbocycles. The number of nitrogens with one attached hydrogen (secondary N) is 1. The zero-order chi connectivity index (χ0) is 10.1. The maximum atomic E-state index is 11.6. The molecular formula is C12H13NO. The van der Waals surface area contributed by atoms with Crippen molar-refractivity contribution in [2.75, 3.05) is 0 Å². The van der Waals surface area contributed by atoms with Gasteiger partial charge in [-0.2, -0.15) is 0 Å². The summed E-state index contributed by atoms with van der Waals surface area (Å²) in [6.45, 7) is 3.98. The van der Waals surface area contributed by atoms with Crippen molar-refractivity contribution in [3.05, 3.63) is 45.9 Å². The van der Waals surface area contributed by atoms with E-state index < -0.39 is 0 Å². The van der Waals surface area contributed by atoms with Gasteiger partial charge in [-0.3, -0.25) is 4.79 Å². The van der Waals surface area contributed by atoms with Gasteiger partial charge in [-0.15, -0.1) is 0 Å². The fraction of sp³-hybridized carbons (Fsp3) is 0.250. The Morgan fingerprint density at radius 1 is 1.29 bits per heavy atom. The van der Waals surface area contributed by atoms with Crippen LogP contribution in [0.25, 0.3) is 10.8 Å². The highest BCUT2D eigenvalue weighted by molar-refractivity contribution is 5.82. The van der Waals surface area contributed by atoms with E-state index >= 15 is 0 Å². The quantitative estimate of drug-likeness (QED) is 0.730. The van der Waals surface area contributed by atoms with E-state index in [0.29, 0.717) is 0 Å². The first-order valence-electron chi connectivity index (χ1n) is 4.83. The molecule has 14 heavy (non-hydrogen) atoms. The normalized spacial score (nSPS) is 10.7. The molecule has 0 aliphatic carbocycles. The van der Waals surface area contributed by atoms with Gasteiger partial charge in [-0.1, -0.05) is 19.1 Å². The number of aromatic nitrogens is 1. The van der Waals surface area contributed by atoms with E-state index in [-0.39, 0.29) is 5.56 Å². The summed E-state index contributed by atoms with van der Waals surface area (Å²) < 4.78 is 0. The Morgan fingerprint density at radius 2 is 2.07 bits per heavy atom. The molecule has 1 aromatic carbocycles. The van der Waals surface area contributed by atoms with Crippen molar-refractivity contribution in [3.8, 4) is 0 Å². The lowest BCUT2D eigenvalue weighted by atomic mass is 10.1. The Morgan fingerprint density at radius 3 is 2.79 bits per heavy atom. The summed E-state index contributed by atoms with van der Waals surface area (Å²) in [4.78, 5) is 14.4. The molecule has 1 N–H and O–H groups in total. The van der Waals surface area contributed by atoms with Crippen molar-refractivity contribution in [2.45, 2.75) is 20.3 Å². The summed E-state index contributed by atoms with van der Waals surface area (Å²) in [7, 11) is 0. The van der Waals surface area contributed by atoms with Crippen LogP contribution in [0.2, 0.25) is 0 Å². The predicted molar refractivity (Wildman–Crippen MR) is 58.7 cm³/mol. The summed E-state index contributed by atoms with van der Waals surface area (Å²) in [6, 6.07) is 8.04. The Balaban J connectivity index is 2.82. The van der Waals surface area contributed by atoms with Crippen LogP contribution in [0.3, 0.4) is 0 Å². The zero-order valence-electron chi connectivity index (χ0n) is 8.42. The molecule has 2 aromatic rings. The van der Waals surface area contributed by atoms with E-state index in [4.69, 9.17) is 0 Å². The molecule has 0 aliphatic heterocycles. The predicted octanol–water partition coefficient (Wildman–Crippen LogP) is 2.40. The summed E-state index contributed by atoms with van der Waals surface area (Å²) in [5.74, 6) is 0. The van der Waals surface area contributed by atoms with Crippen molar-refractivity contribution in [1.82, 2.24) is 4.98 Å². The fourth-order valence-electron chi connectivity index (χ4n) is 1.66. The van der Waals surface area contributed by atoms with Crippen molar-refractivity contribution in [3.63, 3.8) is 0 Å². The molecule has 0 atom stereocenters. The van der Waals surface area contributed by atoms with Crippen LogP contribution in [0.5, 0.6) is 0 Å². The third-order valence-electron chi connectivity index (χ3n) is 2.45. The largest absolute Gasteiger partial charge is 0.326 e. The van der Waals surface area contributed by atoms with Crippen LogP contribution in [0.4, 0.5) is 0 Å². The van der Waals surface area contributed by atoms with Gasteiger partial charge in [-0.25, -0.2) is 0 Å². The molecule has 0 amide bonds. The molecule has 0 aliphatic rings. The third-order valence-corrected chi connectivity index (χ3v) is 2.45. The monoisotopic (exact) mass is 187 g/mol. The van der Waals surface area contributed by atoms with E-state index in [0.717, 1.165) is 22.9 Å². The molecule has 2 rings (SSSR count). The average Bonchev–Trinajstić information content (AvgIpc) is 2.17. The van der Waals surface area contributed by atoms with Gasteiger partial charge in [0, 0.05) is 11.1 Å². The molecule has 72 valence electrons. The molecular weight excluding hydrogens is 174 g/mol. The first kappa shape index (κ1) is 9.00. The highest BCUT2D eigenvalue weighted by Crippen LogP contribution is 2.13. The summed E-state index contributed by atoms with van der Waals surface area (Å²) in [6.07, 6.45) is 0.962. The van der Waals surface area contributed by atoms with Crippen LogP contribution in [0, 0.1) is 6.92 Å². The number of H-pyrrole nitrogens is 1. The van der Waals surface area contributed by atoms with Gasteiger partial charge < -0.3 is 4.98 Å². The van der Waals surface area contributed by atoms with Gasteiger partial charge in [0.2, 0.25) is 0 Å². The molecule has 0 spiro atoms. The topological polar surface area (TPSA) is 32.9 Å². The van der Waals surface area contributed by atoms with Crippen LogP contribution in [-0.2, 0) is 6.42 Å². The number of aryl methyl sites for hydroxylation is 2. The molecule has 0 saturated heterocycles. The standard InChI is InChI=1S/C12H13NO/c1-3-9-4-5-10-6-8(2)13-12(14)11(10)7-9/h4-7H,3H2,1-2H3,(H,13,14). The molecule has 0 radical (unpaired) electrons. The van der Waals surface area contributed by atoms with Crippen molar-refractivity contribution >= 4 is 10.8 Å². The second-order valence-corrected chi connectivity index (χ2v) is 3.56. The van der Waals surface area contributed by atoms with Crippen LogP contribution < -0.4 is 5.56 Å². The van der Waals surface area contributed by atoms with Crippen molar-refractivity contribution < 1.29 is 0 Å². The first-order chi connectivity index (χ1) is 6.70. The van der Waals surface area contributed by atoms with Crippen LogP contribution in [-0.4, -0.2) is 4.98 Å². The van der Waals surface area contributed by atoms with Gasteiger partial charge in [0.25, 0.3) is 5.56 Å². The maximum Gasteiger partial charge on any atom is 0.256 e. The van der Waals surface area contributed by atoms with E-state index in [9.17, 15) is 4.79 Å². The molecule has 2 nitrogen and oxygen atoms in total. The number of aromatic amines is 1. The Bertz CT molecular complexity index is 525. The lowest BCUT2D eigenvalue weighted by Gasteiger charge is -2.01. The minimum atomic E-state index is 0.00954. The highest BCUT2D eigenvalue weighted by atomic mass is 16.1. The van der Waals surface area contributed by atoms with Crippen molar-refractivity contribution in [1.29, 1.82) is 0 Å². The van der Waals surface area contributed by atoms with Gasteiger partial charge in [0.1, 0.15) is 0 Å². The summed E-state index contributed by atoms with van der Waals surface area (Å²) >= 11 is 0. The Kier molecular flexibility index (Phi) is 2.12. The number of benzene rings is 1. The second kappa shape index (κ2) is 3.29. The van der Waals surface area contributed by atoms with Crippen LogP contribution >= 0.6 is 0 Å². The summed E-state index contributed by atoms with van der Waals surface area (Å²) in [5, 5.41) is 1.80. The SMILES string of the molecule is CCc1ccc2cc(C)[nH]c(=O)c2c1. The lowest BCUT2D eigenvalue weighted by molar-refractivity contribution is 1.13. The lowest BCUT2D eigenvalue weighted by Crippen LogP contribution is -2.07. The van der Waals surface area contributed by atoms with E-state index in [1.165, 1.54) is 5.56 Å². The fourth-order valence-corrected chi connectivity index (χ4v) is 1.66. The second-order valence-electron chi connectivity index (χ2n) is 3.56. The van der Waals surface area contributed by atoms with Gasteiger partial charge in [0.05, 0.1) is 0 Å². The number of pyridine rings is 1. The smallest absolute Gasteiger partial charge is 0.256 e. The molecule has 0 bridgehead atoms. The van der Waals surface area contributed by atoms with E-state index in [2.05, 4.69) is 18.0 Å². The van der Waals surface area contributed by atoms with Crippen LogP contribution in [0.15, 0.2) is 29.1 Å². The van der Waals surface area contributed by atoms with Crippen LogP contribution in [0.1, 0.15) is 18.2 Å². The summed E-state index contributed by atoms with van der Waals surface area (Å²) in [5.41, 5.74) is 2.12. The number of hydrogen-bond acceptors (Lipinski definition) is 1. The average molecular weight is 187 g/mol. The number of rotatable bonds is 1. The van der Waals surface area contributed by atoms with Crippen molar-refractivity contribution in [2.24, 2.45) is 0 Å². The molecule has 1 heterocycles. The number of fused-ring (bicyclic) bond motifs is 1. The highest BCUT2D eigenvalue weighted by Gasteiger charge is 2.00. The molecule has 0 unspecified atom stereocenters. The first-order valence-corrected chi connectivity index (χ1v) is 4.83. The molecule has 2 heteroatoms. The zero-order valence-corrected chi connectivity index (χ0v) is 8.42. The minimum absolute atomic E-state index is 0.00954. The Labute approximate surface area is 82.6 Å². The van der Waals surface area contributed by atoms with Gasteiger partial charge in [-0.05, 0) is 36.4 Å². The van der Waals surface area contributed by atoms with E-state index in [1.54, 1.807) is 0 Å². The minimum Gasteiger partial charge on any atom is -0.326 e. The molecule has 1 aromatic heterocycles.